The van der Waals surface area contributed by atoms with E-state index in [9.17, 15) is 21.6 Å². The molecule has 118 valence electrons. The van der Waals surface area contributed by atoms with E-state index in [-0.39, 0.29) is 16.2 Å². The predicted octanol–water partition coefficient (Wildman–Crippen LogP) is 3.69. The van der Waals surface area contributed by atoms with Crippen molar-refractivity contribution in [3.8, 4) is 5.75 Å². The molecule has 0 spiro atoms. The number of para-hydroxylation sites is 1. The Bertz CT molecular complexity index is 768. The minimum Gasteiger partial charge on any atom is -0.495 e. The van der Waals surface area contributed by atoms with Crippen molar-refractivity contribution >= 4 is 9.84 Å². The summed E-state index contributed by atoms with van der Waals surface area (Å²) in [4.78, 5) is -0.130. The first kappa shape index (κ1) is 16.4. The highest BCUT2D eigenvalue weighted by Crippen LogP contribution is 2.34. The third kappa shape index (κ3) is 3.41. The van der Waals surface area contributed by atoms with Gasteiger partial charge in [0.25, 0.3) is 0 Å². The molecule has 22 heavy (non-hydrogen) atoms. The van der Waals surface area contributed by atoms with Crippen LogP contribution in [0.2, 0.25) is 0 Å². The zero-order valence-electron chi connectivity index (χ0n) is 11.6. The largest absolute Gasteiger partial charge is 0.495 e. The number of sulfone groups is 1. The summed E-state index contributed by atoms with van der Waals surface area (Å²) in [6, 6.07) is 10.5. The van der Waals surface area contributed by atoms with E-state index in [4.69, 9.17) is 4.74 Å². The smallest absolute Gasteiger partial charge is 0.416 e. The van der Waals surface area contributed by atoms with E-state index in [1.165, 1.54) is 37.4 Å². The number of benzene rings is 2. The van der Waals surface area contributed by atoms with Crippen molar-refractivity contribution in [1.29, 1.82) is 0 Å². The Hall–Kier alpha value is -2.02. The Morgan fingerprint density at radius 1 is 1.00 bits per heavy atom. The van der Waals surface area contributed by atoms with Crippen LogP contribution in [0.15, 0.2) is 53.4 Å². The van der Waals surface area contributed by atoms with Gasteiger partial charge >= 0.3 is 6.18 Å². The van der Waals surface area contributed by atoms with E-state index < -0.39 is 27.3 Å². The molecule has 2 aromatic carbocycles. The average Bonchev–Trinajstić information content (AvgIpc) is 2.46. The summed E-state index contributed by atoms with van der Waals surface area (Å²) >= 11 is 0. The lowest BCUT2D eigenvalue weighted by molar-refractivity contribution is -0.138. The number of ether oxygens (including phenoxy) is 1. The Balaban J connectivity index is 2.47. The fourth-order valence-electron chi connectivity index (χ4n) is 2.08. The van der Waals surface area contributed by atoms with E-state index in [1.807, 2.05) is 0 Å². The van der Waals surface area contributed by atoms with Gasteiger partial charge in [-0.25, -0.2) is 8.42 Å². The third-order valence-corrected chi connectivity index (χ3v) is 4.77. The van der Waals surface area contributed by atoms with Crippen LogP contribution in [0.1, 0.15) is 11.1 Å². The van der Waals surface area contributed by atoms with Crippen LogP contribution >= 0.6 is 0 Å². The van der Waals surface area contributed by atoms with Gasteiger partial charge in [-0.2, -0.15) is 13.2 Å². The number of rotatable bonds is 4. The van der Waals surface area contributed by atoms with Gasteiger partial charge in [-0.05, 0) is 23.8 Å². The normalized spacial score (nSPS) is 12.2. The lowest BCUT2D eigenvalue weighted by atomic mass is 10.1. The minimum atomic E-state index is -4.60. The van der Waals surface area contributed by atoms with E-state index in [1.54, 1.807) is 6.07 Å². The number of alkyl halides is 3. The Labute approximate surface area is 126 Å². The summed E-state index contributed by atoms with van der Waals surface area (Å²) in [5.41, 5.74) is -1.24. The topological polar surface area (TPSA) is 43.4 Å². The Morgan fingerprint density at radius 3 is 2.23 bits per heavy atom. The fraction of sp³-hybridized carbons (Fsp3) is 0.200. The highest BCUT2D eigenvalue weighted by atomic mass is 32.2. The van der Waals surface area contributed by atoms with Crippen LogP contribution in [0.5, 0.6) is 5.75 Å². The van der Waals surface area contributed by atoms with Crippen molar-refractivity contribution in [2.24, 2.45) is 0 Å². The molecule has 0 aromatic heterocycles. The van der Waals surface area contributed by atoms with Gasteiger partial charge < -0.3 is 4.74 Å². The maximum Gasteiger partial charge on any atom is 0.416 e. The number of halogens is 3. The van der Waals surface area contributed by atoms with E-state index in [0.717, 1.165) is 12.1 Å². The molecule has 0 aliphatic carbocycles. The number of hydrogen-bond acceptors (Lipinski definition) is 3. The van der Waals surface area contributed by atoms with Gasteiger partial charge in [0.05, 0.1) is 18.4 Å². The second-order valence-electron chi connectivity index (χ2n) is 4.56. The zero-order valence-corrected chi connectivity index (χ0v) is 12.4. The van der Waals surface area contributed by atoms with Crippen LogP contribution < -0.4 is 4.74 Å². The Kier molecular flexibility index (Phi) is 4.46. The highest BCUT2D eigenvalue weighted by molar-refractivity contribution is 7.90. The summed E-state index contributed by atoms with van der Waals surface area (Å²) in [6.45, 7) is 0. The molecule has 0 amide bonds. The second kappa shape index (κ2) is 6.00. The van der Waals surface area contributed by atoms with Gasteiger partial charge in [0.15, 0.2) is 9.84 Å². The molecule has 7 heteroatoms. The maximum atomic E-state index is 13.0. The van der Waals surface area contributed by atoms with Crippen LogP contribution in [0.4, 0.5) is 13.2 Å². The first-order valence-corrected chi connectivity index (χ1v) is 7.92. The summed E-state index contributed by atoms with van der Waals surface area (Å²) in [5, 5.41) is 0. The van der Waals surface area contributed by atoms with Crippen molar-refractivity contribution in [1.82, 2.24) is 0 Å². The van der Waals surface area contributed by atoms with Crippen molar-refractivity contribution in [2.75, 3.05) is 7.11 Å². The quantitative estimate of drug-likeness (QED) is 0.859. The molecule has 0 radical (unpaired) electrons. The number of methoxy groups -OCH3 is 1. The summed E-state index contributed by atoms with van der Waals surface area (Å²) in [5.74, 6) is -0.643. The molecule has 0 saturated carbocycles. The first-order valence-electron chi connectivity index (χ1n) is 6.26. The molecule has 0 N–H and O–H groups in total. The molecule has 0 aliphatic heterocycles. The molecule has 0 saturated heterocycles. The first-order chi connectivity index (χ1) is 10.3. The van der Waals surface area contributed by atoms with Crippen molar-refractivity contribution < 1.29 is 26.3 Å². The lowest BCUT2D eigenvalue weighted by Crippen LogP contribution is -2.13. The zero-order chi connectivity index (χ0) is 16.4. The molecule has 0 unspecified atom stereocenters. The van der Waals surface area contributed by atoms with E-state index in [2.05, 4.69) is 0 Å². The molecular weight excluding hydrogens is 317 g/mol. The lowest BCUT2D eigenvalue weighted by Gasteiger charge is -2.14. The van der Waals surface area contributed by atoms with Crippen LogP contribution in [-0.2, 0) is 21.8 Å². The SMILES string of the molecule is COc1ccccc1S(=O)(=O)Cc1ccccc1C(F)(F)F. The van der Waals surface area contributed by atoms with Crippen molar-refractivity contribution in [3.05, 3.63) is 59.7 Å². The molecule has 0 bridgehead atoms. The molecular formula is C15H13F3O3S. The van der Waals surface area contributed by atoms with Gasteiger partial charge in [-0.1, -0.05) is 30.3 Å². The number of hydrogen-bond donors (Lipinski definition) is 0. The minimum absolute atomic E-state index is 0.104. The second-order valence-corrected chi connectivity index (χ2v) is 6.52. The molecule has 2 rings (SSSR count). The molecule has 3 nitrogen and oxygen atoms in total. The van der Waals surface area contributed by atoms with Crippen LogP contribution in [0.3, 0.4) is 0 Å². The highest BCUT2D eigenvalue weighted by Gasteiger charge is 2.34. The van der Waals surface area contributed by atoms with Crippen molar-refractivity contribution in [3.63, 3.8) is 0 Å². The fourth-order valence-corrected chi connectivity index (χ4v) is 3.64. The standard InChI is InChI=1S/C15H13F3O3S/c1-21-13-8-4-5-9-14(13)22(19,20)10-11-6-2-3-7-12(11)15(16,17)18/h2-9H,10H2,1H3. The maximum absolute atomic E-state index is 13.0. The van der Waals surface area contributed by atoms with Crippen LogP contribution in [0, 0.1) is 0 Å². The molecule has 0 fully saturated rings. The summed E-state index contributed by atoms with van der Waals surface area (Å²) < 4.78 is 68.6. The van der Waals surface area contributed by atoms with Crippen LogP contribution in [0.25, 0.3) is 0 Å². The van der Waals surface area contributed by atoms with Gasteiger partial charge in [0.1, 0.15) is 10.6 Å². The Morgan fingerprint density at radius 2 is 1.59 bits per heavy atom. The average molecular weight is 330 g/mol. The van der Waals surface area contributed by atoms with Crippen molar-refractivity contribution in [2.45, 2.75) is 16.8 Å². The third-order valence-electron chi connectivity index (χ3n) is 3.07. The predicted molar refractivity (Wildman–Crippen MR) is 75.3 cm³/mol. The van der Waals surface area contributed by atoms with Gasteiger partial charge in [-0.3, -0.25) is 0 Å². The molecule has 0 heterocycles. The van der Waals surface area contributed by atoms with Gasteiger partial charge in [0.2, 0.25) is 0 Å². The summed E-state index contributed by atoms with van der Waals surface area (Å²) in [6.07, 6.45) is -4.60. The van der Waals surface area contributed by atoms with E-state index in [0.29, 0.717) is 0 Å². The van der Waals surface area contributed by atoms with Crippen LogP contribution in [-0.4, -0.2) is 15.5 Å². The molecule has 2 aromatic rings. The monoisotopic (exact) mass is 330 g/mol. The van der Waals surface area contributed by atoms with E-state index >= 15 is 0 Å². The molecule has 0 aliphatic rings. The van der Waals surface area contributed by atoms with Gasteiger partial charge in [-0.15, -0.1) is 0 Å². The molecule has 0 atom stereocenters. The summed E-state index contributed by atoms with van der Waals surface area (Å²) in [7, 11) is -2.66. The van der Waals surface area contributed by atoms with Gasteiger partial charge in [0, 0.05) is 0 Å².